The number of hydrogen-bond acceptors (Lipinski definition) is 3. The summed E-state index contributed by atoms with van der Waals surface area (Å²) >= 11 is 0. The van der Waals surface area contributed by atoms with Crippen LogP contribution in [-0.4, -0.2) is 31.5 Å². The van der Waals surface area contributed by atoms with Gasteiger partial charge in [0.2, 0.25) is 0 Å². The number of hydrogen-bond donors (Lipinski definition) is 1. The Kier molecular flexibility index (Phi) is 5.46. The molecule has 2 N–H and O–H groups in total. The summed E-state index contributed by atoms with van der Waals surface area (Å²) in [5.41, 5.74) is 6.43. The first-order valence-corrected chi connectivity index (χ1v) is 7.65. The first-order chi connectivity index (χ1) is 8.72. The molecule has 0 bridgehead atoms. The SMILES string of the molecule is COC1CCCC(OCC2(N)CCCCCC2)C1. The normalized spacial score (nSPS) is 33.0. The molecule has 0 amide bonds. The van der Waals surface area contributed by atoms with Crippen LogP contribution in [0.2, 0.25) is 0 Å². The van der Waals surface area contributed by atoms with Crippen molar-refractivity contribution in [2.75, 3.05) is 13.7 Å². The Balaban J connectivity index is 1.75. The summed E-state index contributed by atoms with van der Waals surface area (Å²) in [5, 5.41) is 0. The third-order valence-electron chi connectivity index (χ3n) is 4.62. The molecule has 0 aromatic carbocycles. The summed E-state index contributed by atoms with van der Waals surface area (Å²) in [7, 11) is 1.81. The molecule has 2 rings (SSSR count). The van der Waals surface area contributed by atoms with Crippen LogP contribution < -0.4 is 5.73 Å². The van der Waals surface area contributed by atoms with Gasteiger partial charge in [0.25, 0.3) is 0 Å². The van der Waals surface area contributed by atoms with Gasteiger partial charge in [0.1, 0.15) is 0 Å². The van der Waals surface area contributed by atoms with E-state index >= 15 is 0 Å². The molecule has 2 saturated carbocycles. The topological polar surface area (TPSA) is 44.5 Å². The van der Waals surface area contributed by atoms with Crippen molar-refractivity contribution in [3.05, 3.63) is 0 Å². The van der Waals surface area contributed by atoms with Crippen LogP contribution in [0.15, 0.2) is 0 Å². The minimum absolute atomic E-state index is 0.0590. The average molecular weight is 255 g/mol. The Bertz CT molecular complexity index is 237. The molecular weight excluding hydrogens is 226 g/mol. The van der Waals surface area contributed by atoms with Gasteiger partial charge in [-0.3, -0.25) is 0 Å². The van der Waals surface area contributed by atoms with Crippen molar-refractivity contribution in [3.8, 4) is 0 Å². The highest BCUT2D eigenvalue weighted by molar-refractivity contribution is 4.86. The van der Waals surface area contributed by atoms with Gasteiger partial charge in [0.05, 0.1) is 18.8 Å². The van der Waals surface area contributed by atoms with Gasteiger partial charge >= 0.3 is 0 Å². The van der Waals surface area contributed by atoms with Gasteiger partial charge in [-0.05, 0) is 38.5 Å². The summed E-state index contributed by atoms with van der Waals surface area (Å²) in [4.78, 5) is 0. The summed E-state index contributed by atoms with van der Waals surface area (Å²) in [5.74, 6) is 0. The Morgan fingerprint density at radius 3 is 2.33 bits per heavy atom. The van der Waals surface area contributed by atoms with E-state index < -0.39 is 0 Å². The van der Waals surface area contributed by atoms with Crippen LogP contribution in [0, 0.1) is 0 Å². The number of methoxy groups -OCH3 is 1. The van der Waals surface area contributed by atoms with E-state index in [2.05, 4.69) is 0 Å². The molecule has 2 aliphatic carbocycles. The van der Waals surface area contributed by atoms with Crippen LogP contribution in [0.25, 0.3) is 0 Å². The second-order valence-electron chi connectivity index (χ2n) is 6.23. The zero-order valence-electron chi connectivity index (χ0n) is 11.8. The molecule has 2 unspecified atom stereocenters. The minimum Gasteiger partial charge on any atom is -0.381 e. The van der Waals surface area contributed by atoms with Crippen molar-refractivity contribution in [2.45, 2.75) is 82.0 Å². The summed E-state index contributed by atoms with van der Waals surface area (Å²) in [6.07, 6.45) is 12.9. The van der Waals surface area contributed by atoms with Gasteiger partial charge < -0.3 is 15.2 Å². The lowest BCUT2D eigenvalue weighted by molar-refractivity contribution is -0.0459. The van der Waals surface area contributed by atoms with E-state index in [1.54, 1.807) is 0 Å². The van der Waals surface area contributed by atoms with E-state index in [0.29, 0.717) is 12.2 Å². The van der Waals surface area contributed by atoms with E-state index in [9.17, 15) is 0 Å². The lowest BCUT2D eigenvalue weighted by Gasteiger charge is -2.33. The van der Waals surface area contributed by atoms with E-state index in [4.69, 9.17) is 15.2 Å². The molecule has 3 nitrogen and oxygen atoms in total. The van der Waals surface area contributed by atoms with Crippen molar-refractivity contribution in [1.29, 1.82) is 0 Å². The van der Waals surface area contributed by atoms with Gasteiger partial charge in [-0.25, -0.2) is 0 Å². The summed E-state index contributed by atoms with van der Waals surface area (Å²) < 4.78 is 11.6. The fourth-order valence-corrected chi connectivity index (χ4v) is 3.33. The van der Waals surface area contributed by atoms with E-state index in [1.807, 2.05) is 7.11 Å². The van der Waals surface area contributed by atoms with Gasteiger partial charge in [-0.15, -0.1) is 0 Å². The second kappa shape index (κ2) is 6.88. The maximum absolute atomic E-state index is 6.49. The van der Waals surface area contributed by atoms with Crippen molar-refractivity contribution in [1.82, 2.24) is 0 Å². The third kappa shape index (κ3) is 4.22. The molecule has 0 aromatic heterocycles. The highest BCUT2D eigenvalue weighted by Crippen LogP contribution is 2.28. The molecule has 2 fully saturated rings. The fraction of sp³-hybridized carbons (Fsp3) is 1.00. The van der Waals surface area contributed by atoms with E-state index in [0.717, 1.165) is 25.9 Å². The molecule has 0 heterocycles. The lowest BCUT2D eigenvalue weighted by Crippen LogP contribution is -2.45. The second-order valence-corrected chi connectivity index (χ2v) is 6.23. The number of nitrogens with two attached hydrogens (primary N) is 1. The zero-order valence-corrected chi connectivity index (χ0v) is 11.8. The van der Waals surface area contributed by atoms with Gasteiger partial charge in [-0.2, -0.15) is 0 Å². The number of ether oxygens (including phenoxy) is 2. The molecule has 2 atom stereocenters. The maximum atomic E-state index is 6.49. The highest BCUT2D eigenvalue weighted by Gasteiger charge is 2.29. The average Bonchev–Trinajstić information content (AvgIpc) is 2.62. The Morgan fingerprint density at radius 1 is 1.00 bits per heavy atom. The molecule has 0 aliphatic heterocycles. The first kappa shape index (κ1) is 14.3. The minimum atomic E-state index is -0.0590. The molecule has 0 aromatic rings. The zero-order chi connectivity index (χ0) is 12.8. The highest BCUT2D eigenvalue weighted by atomic mass is 16.5. The summed E-state index contributed by atoms with van der Waals surface area (Å²) in [6.45, 7) is 0.744. The van der Waals surface area contributed by atoms with Crippen LogP contribution in [0.3, 0.4) is 0 Å². The Hall–Kier alpha value is -0.120. The Morgan fingerprint density at radius 2 is 1.67 bits per heavy atom. The maximum Gasteiger partial charge on any atom is 0.0649 e. The molecule has 18 heavy (non-hydrogen) atoms. The standard InChI is InChI=1S/C15H29NO2/c1-17-13-7-6-8-14(11-13)18-12-15(16)9-4-2-3-5-10-15/h13-14H,2-12,16H2,1H3. The largest absolute Gasteiger partial charge is 0.381 e. The van der Waals surface area contributed by atoms with Crippen LogP contribution in [0.5, 0.6) is 0 Å². The molecule has 0 spiro atoms. The molecule has 2 aliphatic rings. The first-order valence-electron chi connectivity index (χ1n) is 7.65. The molecule has 0 radical (unpaired) electrons. The van der Waals surface area contributed by atoms with Crippen molar-refractivity contribution in [3.63, 3.8) is 0 Å². The van der Waals surface area contributed by atoms with Crippen molar-refractivity contribution >= 4 is 0 Å². The van der Waals surface area contributed by atoms with Crippen LogP contribution in [0.1, 0.15) is 64.2 Å². The molecule has 106 valence electrons. The quantitative estimate of drug-likeness (QED) is 0.785. The Labute approximate surface area is 111 Å². The molecule has 0 saturated heterocycles. The van der Waals surface area contributed by atoms with Crippen LogP contribution in [-0.2, 0) is 9.47 Å². The molecule has 3 heteroatoms. The van der Waals surface area contributed by atoms with Crippen LogP contribution in [0.4, 0.5) is 0 Å². The van der Waals surface area contributed by atoms with Gasteiger partial charge in [0.15, 0.2) is 0 Å². The molecular formula is C15H29NO2. The fourth-order valence-electron chi connectivity index (χ4n) is 3.33. The van der Waals surface area contributed by atoms with Gasteiger partial charge in [0, 0.05) is 12.6 Å². The monoisotopic (exact) mass is 255 g/mol. The number of rotatable bonds is 4. The van der Waals surface area contributed by atoms with Crippen molar-refractivity contribution in [2.24, 2.45) is 5.73 Å². The third-order valence-corrected chi connectivity index (χ3v) is 4.62. The van der Waals surface area contributed by atoms with Gasteiger partial charge in [-0.1, -0.05) is 25.7 Å². The van der Waals surface area contributed by atoms with E-state index in [1.165, 1.54) is 44.9 Å². The predicted molar refractivity (Wildman–Crippen MR) is 73.6 cm³/mol. The predicted octanol–water partition coefficient (Wildman–Crippen LogP) is 3.01. The van der Waals surface area contributed by atoms with E-state index in [-0.39, 0.29) is 5.54 Å². The lowest BCUT2D eigenvalue weighted by atomic mass is 9.91. The van der Waals surface area contributed by atoms with Crippen molar-refractivity contribution < 1.29 is 9.47 Å². The summed E-state index contributed by atoms with van der Waals surface area (Å²) in [6, 6.07) is 0. The smallest absolute Gasteiger partial charge is 0.0649 e. The van der Waals surface area contributed by atoms with Crippen LogP contribution >= 0.6 is 0 Å².